The molecule has 5 heteroatoms. The first-order valence-corrected chi connectivity index (χ1v) is 3.08. The fourth-order valence-electron chi connectivity index (χ4n) is 0.247. The fourth-order valence-corrected chi connectivity index (χ4v) is 1.08. The van der Waals surface area contributed by atoms with Crippen LogP contribution in [-0.4, -0.2) is 4.03 Å². The van der Waals surface area contributed by atoms with Crippen LogP contribution in [0.15, 0.2) is 10.8 Å². The summed E-state index contributed by atoms with van der Waals surface area (Å²) < 4.78 is 2.35. The van der Waals surface area contributed by atoms with Gasteiger partial charge in [-0.05, 0) is 15.9 Å². The van der Waals surface area contributed by atoms with Crippen molar-refractivity contribution >= 4 is 32.1 Å². The van der Waals surface area contributed by atoms with Crippen molar-refractivity contribution in [2.75, 3.05) is 0 Å². The van der Waals surface area contributed by atoms with Gasteiger partial charge in [0.15, 0.2) is 0 Å². The number of hydrogen-bond acceptors (Lipinski definition) is 2. The second-order valence-electron chi connectivity index (χ2n) is 0.975. The zero-order valence-corrected chi connectivity index (χ0v) is 6.40. The molecule has 1 aliphatic heterocycles. The highest BCUT2D eigenvalue weighted by Crippen LogP contribution is 2.09. The highest BCUT2D eigenvalue weighted by Gasteiger charge is 2.04. The van der Waals surface area contributed by atoms with Crippen LogP contribution in [0.25, 0.3) is 0 Å². The number of hydrazine groups is 1. The Kier molecular flexibility index (Phi) is 1.56. The summed E-state index contributed by atoms with van der Waals surface area (Å²) in [7, 11) is 0. The van der Waals surface area contributed by atoms with E-state index in [0.29, 0.717) is 0 Å². The molecular formula is C2H2Br2N3. The minimum Gasteiger partial charge on any atom is -0.227 e. The fraction of sp³-hybridized carbons (Fsp3) is 0. The monoisotopic (exact) mass is 226 g/mol. The molecule has 0 aromatic carbocycles. The molecule has 1 heterocycles. The minimum absolute atomic E-state index is 0.782. The van der Waals surface area contributed by atoms with Crippen LogP contribution in [-0.2, 0) is 0 Å². The van der Waals surface area contributed by atoms with Crippen LogP contribution in [0.2, 0.25) is 0 Å². The van der Waals surface area contributed by atoms with Crippen LogP contribution >= 0.6 is 32.1 Å². The van der Waals surface area contributed by atoms with Gasteiger partial charge in [-0.3, -0.25) is 0 Å². The van der Waals surface area contributed by atoms with Gasteiger partial charge in [0, 0.05) is 0 Å². The second kappa shape index (κ2) is 2.02. The van der Waals surface area contributed by atoms with Crippen LogP contribution in [0.4, 0.5) is 0 Å². The number of nitrogens with one attached hydrogen (secondary N) is 1. The molecule has 0 amide bonds. The molecule has 0 aliphatic carbocycles. The van der Waals surface area contributed by atoms with E-state index in [0.717, 1.165) is 4.61 Å². The topological polar surface area (TPSA) is 29.4 Å². The van der Waals surface area contributed by atoms with Crippen LogP contribution in [0.1, 0.15) is 0 Å². The average molecular weight is 228 g/mol. The highest BCUT2D eigenvalue weighted by molar-refractivity contribution is 9.11. The van der Waals surface area contributed by atoms with Gasteiger partial charge in [0.25, 0.3) is 0 Å². The van der Waals surface area contributed by atoms with E-state index in [4.69, 9.17) is 0 Å². The summed E-state index contributed by atoms with van der Waals surface area (Å²) in [5.74, 6) is 0. The zero-order valence-electron chi connectivity index (χ0n) is 3.23. The van der Waals surface area contributed by atoms with Gasteiger partial charge in [-0.1, -0.05) is 0 Å². The summed E-state index contributed by atoms with van der Waals surface area (Å²) in [4.78, 5) is 0. The molecule has 1 rings (SSSR count). The molecule has 1 radical (unpaired) electrons. The van der Waals surface area contributed by atoms with Gasteiger partial charge in [0.05, 0.1) is 22.3 Å². The molecule has 1 aliphatic rings. The van der Waals surface area contributed by atoms with Gasteiger partial charge >= 0.3 is 0 Å². The number of hydrogen-bond donors (Lipinski definition) is 1. The molecule has 0 fully saturated rings. The summed E-state index contributed by atoms with van der Waals surface area (Å²) in [6.45, 7) is 0. The molecule has 0 aromatic rings. The molecule has 39 valence electrons. The molecular weight excluding hydrogens is 226 g/mol. The molecule has 3 nitrogen and oxygen atoms in total. The maximum atomic E-state index is 3.72. The maximum absolute atomic E-state index is 3.72. The Balaban J connectivity index is 2.50. The Bertz CT molecular complexity index is 101. The SMILES string of the molecule is BrC1=CN(Br)N[N]1. The molecule has 0 atom stereocenters. The Morgan fingerprint density at radius 3 is 2.71 bits per heavy atom. The molecule has 0 saturated heterocycles. The van der Waals surface area contributed by atoms with Crippen LogP contribution in [0.5, 0.6) is 0 Å². The largest absolute Gasteiger partial charge is 0.227 e. The lowest BCUT2D eigenvalue weighted by molar-refractivity contribution is 0.456. The van der Waals surface area contributed by atoms with Crippen molar-refractivity contribution in [3.8, 4) is 0 Å². The summed E-state index contributed by atoms with van der Waals surface area (Å²) >= 11 is 6.24. The molecule has 1 N–H and O–H groups in total. The van der Waals surface area contributed by atoms with Crippen LogP contribution < -0.4 is 11.0 Å². The van der Waals surface area contributed by atoms with E-state index in [1.165, 1.54) is 0 Å². The third-order valence-corrected chi connectivity index (χ3v) is 1.22. The van der Waals surface area contributed by atoms with E-state index in [9.17, 15) is 0 Å². The maximum Gasteiger partial charge on any atom is 0.140 e. The molecule has 7 heavy (non-hydrogen) atoms. The minimum atomic E-state index is 0.782. The van der Waals surface area contributed by atoms with Crippen molar-refractivity contribution in [1.29, 1.82) is 0 Å². The van der Waals surface area contributed by atoms with Crippen molar-refractivity contribution in [3.05, 3.63) is 10.8 Å². The number of nitrogens with zero attached hydrogens (tertiary/aromatic N) is 2. The molecule has 0 unspecified atom stereocenters. The quantitative estimate of drug-likeness (QED) is 0.491. The van der Waals surface area contributed by atoms with Crippen LogP contribution in [0, 0.1) is 0 Å². The highest BCUT2D eigenvalue weighted by atomic mass is 79.9. The van der Waals surface area contributed by atoms with E-state index in [-0.39, 0.29) is 0 Å². The van der Waals surface area contributed by atoms with Crippen LogP contribution in [0.3, 0.4) is 0 Å². The van der Waals surface area contributed by atoms with Gasteiger partial charge in [0.2, 0.25) is 0 Å². The average Bonchev–Trinajstić information content (AvgIpc) is 1.87. The number of halogens is 2. The summed E-state index contributed by atoms with van der Waals surface area (Å²) in [6.07, 6.45) is 1.75. The van der Waals surface area contributed by atoms with E-state index < -0.39 is 0 Å². The van der Waals surface area contributed by atoms with Crippen molar-refractivity contribution in [1.82, 2.24) is 15.0 Å². The van der Waals surface area contributed by atoms with Crippen molar-refractivity contribution in [2.24, 2.45) is 0 Å². The Morgan fingerprint density at radius 2 is 2.57 bits per heavy atom. The standard InChI is InChI=1S/C2H2Br2N3/c3-2-1-7(4)6-5-2/h1,6H. The van der Waals surface area contributed by atoms with E-state index in [2.05, 4.69) is 43.0 Å². The smallest absolute Gasteiger partial charge is 0.140 e. The van der Waals surface area contributed by atoms with Gasteiger partial charge < -0.3 is 0 Å². The van der Waals surface area contributed by atoms with Gasteiger partial charge in [-0.2, -0.15) is 5.43 Å². The Morgan fingerprint density at radius 1 is 1.86 bits per heavy atom. The van der Waals surface area contributed by atoms with Crippen molar-refractivity contribution in [2.45, 2.75) is 0 Å². The Labute approximate surface area is 58.2 Å². The van der Waals surface area contributed by atoms with Gasteiger partial charge in [0.1, 0.15) is 4.61 Å². The van der Waals surface area contributed by atoms with Gasteiger partial charge in [-0.15, -0.1) is 5.53 Å². The third kappa shape index (κ3) is 1.32. The summed E-state index contributed by atoms with van der Waals surface area (Å²) in [5.41, 5.74) is 6.33. The molecule has 0 aromatic heterocycles. The lowest BCUT2D eigenvalue weighted by Gasteiger charge is -1.98. The summed E-state index contributed by atoms with van der Waals surface area (Å²) in [6, 6.07) is 0. The zero-order chi connectivity index (χ0) is 5.28. The lowest BCUT2D eigenvalue weighted by atomic mass is 11.0. The van der Waals surface area contributed by atoms with E-state index >= 15 is 0 Å². The molecule has 0 bridgehead atoms. The van der Waals surface area contributed by atoms with Crippen molar-refractivity contribution in [3.63, 3.8) is 0 Å². The third-order valence-electron chi connectivity index (χ3n) is 0.472. The van der Waals surface area contributed by atoms with Gasteiger partial charge in [-0.25, -0.2) is 4.03 Å². The van der Waals surface area contributed by atoms with E-state index in [1.54, 1.807) is 10.2 Å². The first-order valence-electron chi connectivity index (χ1n) is 1.58. The van der Waals surface area contributed by atoms with E-state index in [1.807, 2.05) is 0 Å². The number of rotatable bonds is 0. The second-order valence-corrected chi connectivity index (χ2v) is 2.55. The predicted molar refractivity (Wildman–Crippen MR) is 33.0 cm³/mol. The molecule has 0 saturated carbocycles. The Hall–Kier alpha value is 0.260. The lowest BCUT2D eigenvalue weighted by Crippen LogP contribution is -2.23. The summed E-state index contributed by atoms with van der Waals surface area (Å²) in [5, 5.41) is 0. The predicted octanol–water partition coefficient (Wildman–Crippen LogP) is 0.830. The first-order chi connectivity index (χ1) is 3.29. The first kappa shape index (κ1) is 5.40. The normalized spacial score (nSPS) is 19.1. The molecule has 0 spiro atoms. The van der Waals surface area contributed by atoms with Crippen molar-refractivity contribution < 1.29 is 0 Å².